The number of amides is 1. The SMILES string of the molecule is CCOc1ccc2nccc([C@H](O)C[C@@H]3CC[C@@]4(CN(C5=COC=C(C6=CC=CCC6)O5)C(=O)O4)[C@@H](CCO)O3)c2n1. The summed E-state index contributed by atoms with van der Waals surface area (Å²) in [5, 5.41) is 21.1. The Morgan fingerprint density at radius 1 is 1.26 bits per heavy atom. The van der Waals surface area contributed by atoms with Crippen molar-refractivity contribution in [1.29, 1.82) is 0 Å². The fraction of sp³-hybridized carbons (Fsp3) is 0.452. The fourth-order valence-electron chi connectivity index (χ4n) is 5.95. The molecule has 0 saturated carbocycles. The number of carbonyl (C=O) groups is 1. The minimum atomic E-state index is -0.975. The number of pyridine rings is 2. The van der Waals surface area contributed by atoms with Crippen LogP contribution in [0.15, 0.2) is 72.4 Å². The fourth-order valence-corrected chi connectivity index (χ4v) is 5.95. The van der Waals surface area contributed by atoms with E-state index in [0.29, 0.717) is 54.1 Å². The number of nitrogens with zero attached hydrogens (tertiary/aromatic N) is 3. The molecule has 2 N–H and O–H groups in total. The Balaban J connectivity index is 1.15. The van der Waals surface area contributed by atoms with Crippen LogP contribution in [0.25, 0.3) is 11.0 Å². The minimum Gasteiger partial charge on any atom is -0.478 e. The molecule has 1 aliphatic carbocycles. The van der Waals surface area contributed by atoms with Crippen LogP contribution in [0.5, 0.6) is 5.88 Å². The van der Waals surface area contributed by atoms with Crippen LogP contribution in [-0.4, -0.2) is 68.7 Å². The molecule has 222 valence electrons. The van der Waals surface area contributed by atoms with Crippen LogP contribution in [0.3, 0.4) is 0 Å². The van der Waals surface area contributed by atoms with Gasteiger partial charge in [-0.3, -0.25) is 4.98 Å². The summed E-state index contributed by atoms with van der Waals surface area (Å²) < 4.78 is 29.5. The van der Waals surface area contributed by atoms with Crippen molar-refractivity contribution < 1.29 is 38.7 Å². The summed E-state index contributed by atoms with van der Waals surface area (Å²) in [4.78, 5) is 23.5. The highest BCUT2D eigenvalue weighted by Crippen LogP contribution is 2.43. The molecule has 5 heterocycles. The number of hydrogen-bond donors (Lipinski definition) is 2. The van der Waals surface area contributed by atoms with E-state index in [1.54, 1.807) is 18.3 Å². The summed E-state index contributed by atoms with van der Waals surface area (Å²) in [6.07, 6.45) is 11.6. The van der Waals surface area contributed by atoms with Gasteiger partial charge in [-0.05, 0) is 50.3 Å². The Morgan fingerprint density at radius 2 is 2.17 bits per heavy atom. The zero-order chi connectivity index (χ0) is 29.1. The monoisotopic (exact) mass is 577 g/mol. The molecule has 0 bridgehead atoms. The maximum atomic E-state index is 13.1. The van der Waals surface area contributed by atoms with Crippen LogP contribution in [0, 0.1) is 0 Å². The molecule has 1 amide bonds. The van der Waals surface area contributed by atoms with Crippen molar-refractivity contribution in [2.75, 3.05) is 19.8 Å². The predicted molar refractivity (Wildman–Crippen MR) is 151 cm³/mol. The van der Waals surface area contributed by atoms with E-state index in [4.69, 9.17) is 23.7 Å². The standard InChI is InChI=1S/C31H35N3O8/c1-2-39-27-9-8-23-29(33-27)22(11-14-32-23)24(36)16-21-10-13-31(26(40-21)12-15-35)19-34(30(37)42-31)28-18-38-17-25(41-28)20-6-4-3-5-7-20/h3-4,6,8-9,11,14,17-18,21,24,26,35-36H,2,5,7,10,12-13,15-16,19H2,1H3/t21-,24+,26+,31+/m0/s1. The summed E-state index contributed by atoms with van der Waals surface area (Å²) in [6.45, 7) is 2.41. The molecule has 4 aliphatic rings. The third-order valence-corrected chi connectivity index (χ3v) is 8.04. The molecule has 42 heavy (non-hydrogen) atoms. The molecule has 0 unspecified atom stereocenters. The van der Waals surface area contributed by atoms with Gasteiger partial charge >= 0.3 is 6.09 Å². The Kier molecular flexibility index (Phi) is 8.14. The van der Waals surface area contributed by atoms with E-state index in [1.165, 1.54) is 17.4 Å². The highest BCUT2D eigenvalue weighted by molar-refractivity contribution is 5.78. The van der Waals surface area contributed by atoms with Crippen molar-refractivity contribution >= 4 is 17.1 Å². The number of ether oxygens (including phenoxy) is 5. The summed E-state index contributed by atoms with van der Waals surface area (Å²) in [6, 6.07) is 5.33. The van der Waals surface area contributed by atoms with Gasteiger partial charge in [0.2, 0.25) is 11.8 Å². The lowest BCUT2D eigenvalue weighted by Gasteiger charge is -2.42. The van der Waals surface area contributed by atoms with E-state index >= 15 is 0 Å². The second-order valence-electron chi connectivity index (χ2n) is 10.8. The van der Waals surface area contributed by atoms with Crippen LogP contribution >= 0.6 is 0 Å². The van der Waals surface area contributed by atoms with Gasteiger partial charge in [0.15, 0.2) is 17.6 Å². The lowest BCUT2D eigenvalue weighted by atomic mass is 9.83. The number of allylic oxidation sites excluding steroid dienone is 4. The molecule has 6 rings (SSSR count). The van der Waals surface area contributed by atoms with Gasteiger partial charge in [-0.15, -0.1) is 0 Å². The number of hydrogen-bond acceptors (Lipinski definition) is 10. The molecule has 0 radical (unpaired) electrons. The maximum absolute atomic E-state index is 13.1. The molecule has 0 aromatic carbocycles. The number of aromatic nitrogens is 2. The Hall–Kier alpha value is -3.93. The molecule has 1 spiro atoms. The van der Waals surface area contributed by atoms with E-state index in [9.17, 15) is 15.0 Å². The molecule has 2 fully saturated rings. The average molecular weight is 578 g/mol. The Morgan fingerprint density at radius 3 is 2.98 bits per heavy atom. The third kappa shape index (κ3) is 5.59. The highest BCUT2D eigenvalue weighted by Gasteiger charge is 2.55. The number of aliphatic hydroxyl groups excluding tert-OH is 2. The quantitative estimate of drug-likeness (QED) is 0.438. The first-order valence-electron chi connectivity index (χ1n) is 14.4. The summed E-state index contributed by atoms with van der Waals surface area (Å²) >= 11 is 0. The van der Waals surface area contributed by atoms with Crippen molar-refractivity contribution in [1.82, 2.24) is 14.9 Å². The average Bonchev–Trinajstić information content (AvgIpc) is 3.36. The second-order valence-corrected chi connectivity index (χ2v) is 10.8. The molecule has 4 atom stereocenters. The molecular weight excluding hydrogens is 542 g/mol. The molecular formula is C31H35N3O8. The van der Waals surface area contributed by atoms with Gasteiger partial charge in [0, 0.05) is 37.3 Å². The van der Waals surface area contributed by atoms with E-state index in [-0.39, 0.29) is 31.6 Å². The van der Waals surface area contributed by atoms with Crippen LogP contribution in [-0.2, 0) is 18.9 Å². The minimum absolute atomic E-state index is 0.144. The Bertz CT molecular complexity index is 1450. The second kappa shape index (κ2) is 12.1. The van der Waals surface area contributed by atoms with Gasteiger partial charge in [0.25, 0.3) is 0 Å². The van der Waals surface area contributed by atoms with Crippen molar-refractivity contribution in [2.24, 2.45) is 0 Å². The van der Waals surface area contributed by atoms with Gasteiger partial charge in [0.05, 0.1) is 36.4 Å². The molecule has 11 nitrogen and oxygen atoms in total. The molecule has 2 aromatic heterocycles. The largest absolute Gasteiger partial charge is 0.478 e. The van der Waals surface area contributed by atoms with Gasteiger partial charge in [-0.2, -0.15) is 0 Å². The number of carbonyl (C=O) groups excluding carboxylic acids is 1. The van der Waals surface area contributed by atoms with E-state index in [0.717, 1.165) is 18.4 Å². The lowest BCUT2D eigenvalue weighted by Crippen LogP contribution is -2.53. The van der Waals surface area contributed by atoms with Crippen molar-refractivity contribution in [3.63, 3.8) is 0 Å². The third-order valence-electron chi connectivity index (χ3n) is 8.04. The van der Waals surface area contributed by atoms with E-state index in [2.05, 4.69) is 16.0 Å². The van der Waals surface area contributed by atoms with Crippen molar-refractivity contribution in [2.45, 2.75) is 69.4 Å². The van der Waals surface area contributed by atoms with E-state index in [1.807, 2.05) is 25.1 Å². The van der Waals surface area contributed by atoms with Crippen molar-refractivity contribution in [3.05, 3.63) is 77.9 Å². The van der Waals surface area contributed by atoms with Crippen LogP contribution < -0.4 is 4.74 Å². The smallest absolute Gasteiger partial charge is 0.417 e. The summed E-state index contributed by atoms with van der Waals surface area (Å²) in [5.41, 5.74) is 1.88. The van der Waals surface area contributed by atoms with Crippen LogP contribution in [0.4, 0.5) is 4.79 Å². The van der Waals surface area contributed by atoms with Crippen LogP contribution in [0.1, 0.15) is 57.1 Å². The number of rotatable bonds is 9. The first-order chi connectivity index (χ1) is 20.5. The van der Waals surface area contributed by atoms with E-state index < -0.39 is 23.9 Å². The first-order valence-corrected chi connectivity index (χ1v) is 14.4. The zero-order valence-corrected chi connectivity index (χ0v) is 23.5. The molecule has 2 aromatic rings. The highest BCUT2D eigenvalue weighted by atomic mass is 16.6. The Labute approximate surface area is 243 Å². The molecule has 11 heteroatoms. The summed E-state index contributed by atoms with van der Waals surface area (Å²) in [7, 11) is 0. The zero-order valence-electron chi connectivity index (χ0n) is 23.5. The van der Waals surface area contributed by atoms with Crippen LogP contribution in [0.2, 0.25) is 0 Å². The van der Waals surface area contributed by atoms with Gasteiger partial charge in [-0.1, -0.05) is 18.2 Å². The predicted octanol–water partition coefficient (Wildman–Crippen LogP) is 4.54. The lowest BCUT2D eigenvalue weighted by molar-refractivity contribution is -0.172. The first kappa shape index (κ1) is 28.2. The topological polar surface area (TPSA) is 133 Å². The molecule has 3 aliphatic heterocycles. The molecule has 2 saturated heterocycles. The number of aliphatic hydroxyl groups is 2. The normalized spacial score (nSPS) is 26.2. The van der Waals surface area contributed by atoms with Gasteiger partial charge in [-0.25, -0.2) is 14.7 Å². The van der Waals surface area contributed by atoms with Gasteiger partial charge in [0.1, 0.15) is 12.4 Å². The number of fused-ring (bicyclic) bond motifs is 1. The van der Waals surface area contributed by atoms with Crippen molar-refractivity contribution in [3.8, 4) is 5.88 Å². The maximum Gasteiger partial charge on any atom is 0.417 e. The summed E-state index contributed by atoms with van der Waals surface area (Å²) in [5.74, 6) is 1.27. The van der Waals surface area contributed by atoms with Gasteiger partial charge < -0.3 is 33.9 Å².